The Kier molecular flexibility index (Phi) is 5.59. The van der Waals surface area contributed by atoms with Crippen molar-refractivity contribution in [2.45, 2.75) is 34.0 Å². The molecule has 2 aromatic heterocycles. The van der Waals surface area contributed by atoms with E-state index in [9.17, 15) is 0 Å². The molecule has 126 valence electrons. The number of benzene rings is 1. The number of aromatic nitrogens is 4. The molecule has 6 nitrogen and oxygen atoms in total. The third kappa shape index (κ3) is 4.18. The van der Waals surface area contributed by atoms with Crippen molar-refractivity contribution in [3.8, 4) is 0 Å². The van der Waals surface area contributed by atoms with Crippen LogP contribution in [0.5, 0.6) is 0 Å². The molecule has 0 radical (unpaired) electrons. The number of hydrogen-bond donors (Lipinski definition) is 2. The Morgan fingerprint density at radius 2 is 1.46 bits per heavy atom. The largest absolute Gasteiger partial charge is 0.374 e. The molecule has 2 heterocycles. The first-order valence-corrected chi connectivity index (χ1v) is 10.6. The number of nitrogens with two attached hydrogens (primary N) is 2. The fourth-order valence-electron chi connectivity index (χ4n) is 2.10. The Balaban J connectivity index is 1.76. The summed E-state index contributed by atoms with van der Waals surface area (Å²) in [5.74, 6) is 1.68. The lowest BCUT2D eigenvalue weighted by atomic mass is 10.00. The van der Waals surface area contributed by atoms with Crippen LogP contribution in [-0.4, -0.2) is 20.4 Å². The van der Waals surface area contributed by atoms with Crippen molar-refractivity contribution in [3.63, 3.8) is 0 Å². The highest BCUT2D eigenvalue weighted by molar-refractivity contribution is 8.00. The lowest BCUT2D eigenvalue weighted by Crippen LogP contribution is -1.97. The predicted molar refractivity (Wildman–Crippen MR) is 104 cm³/mol. The van der Waals surface area contributed by atoms with Gasteiger partial charge < -0.3 is 11.5 Å². The number of nitrogens with zero attached hydrogens (tertiary/aromatic N) is 4. The van der Waals surface area contributed by atoms with E-state index in [1.54, 1.807) is 23.5 Å². The van der Waals surface area contributed by atoms with Crippen LogP contribution in [0.3, 0.4) is 0 Å². The van der Waals surface area contributed by atoms with E-state index in [2.05, 4.69) is 46.4 Å². The molecule has 1 aromatic carbocycles. The minimum Gasteiger partial charge on any atom is -0.374 e. The average molecular weight is 397 g/mol. The van der Waals surface area contributed by atoms with Crippen molar-refractivity contribution in [2.24, 2.45) is 0 Å². The molecule has 4 N–H and O–H groups in total. The molecule has 0 spiro atoms. The molecule has 10 heteroatoms. The molecule has 3 rings (SSSR count). The molecule has 24 heavy (non-hydrogen) atoms. The highest BCUT2D eigenvalue weighted by atomic mass is 32.2. The van der Waals surface area contributed by atoms with Crippen molar-refractivity contribution in [1.82, 2.24) is 20.4 Å². The van der Waals surface area contributed by atoms with Gasteiger partial charge in [-0.1, -0.05) is 58.3 Å². The van der Waals surface area contributed by atoms with Gasteiger partial charge in [0.25, 0.3) is 0 Å². The number of thioether (sulfide) groups is 2. The van der Waals surface area contributed by atoms with Gasteiger partial charge in [0.1, 0.15) is 0 Å². The van der Waals surface area contributed by atoms with Gasteiger partial charge in [-0.15, -0.1) is 20.4 Å². The van der Waals surface area contributed by atoms with Crippen LogP contribution in [-0.2, 0) is 11.5 Å². The minimum atomic E-state index is 0.502. The second-order valence-corrected chi connectivity index (χ2v) is 9.50. The average Bonchev–Trinajstić information content (AvgIpc) is 3.16. The van der Waals surface area contributed by atoms with Gasteiger partial charge in [0.05, 0.1) is 0 Å². The van der Waals surface area contributed by atoms with E-state index < -0.39 is 0 Å². The van der Waals surface area contributed by atoms with Crippen LogP contribution in [0.15, 0.2) is 20.8 Å². The van der Waals surface area contributed by atoms with Crippen LogP contribution in [0, 0.1) is 13.8 Å². The van der Waals surface area contributed by atoms with E-state index >= 15 is 0 Å². The summed E-state index contributed by atoms with van der Waals surface area (Å²) in [7, 11) is 0. The Morgan fingerprint density at radius 1 is 0.875 bits per heavy atom. The molecule has 0 fully saturated rings. The second kappa shape index (κ2) is 7.68. The zero-order valence-electron chi connectivity index (χ0n) is 13.1. The van der Waals surface area contributed by atoms with E-state index in [-0.39, 0.29) is 0 Å². The quantitative estimate of drug-likeness (QED) is 0.607. The summed E-state index contributed by atoms with van der Waals surface area (Å²) in [5.41, 5.74) is 16.5. The fraction of sp³-hybridized carbons (Fsp3) is 0.286. The standard InChI is InChI=1S/C14H16N6S4/c1-7-3-4-9(5-21-13-19-17-11(15)23-13)10(8(7)2)6-22-14-20-18-12(16)24-14/h3-4H,5-6H2,1-2H3,(H2,15,17)(H2,16,18). The Morgan fingerprint density at radius 3 is 2.00 bits per heavy atom. The molecule has 0 saturated carbocycles. The van der Waals surface area contributed by atoms with Gasteiger partial charge in [0, 0.05) is 11.5 Å². The minimum absolute atomic E-state index is 0.502. The summed E-state index contributed by atoms with van der Waals surface area (Å²) in [5, 5.41) is 16.9. The van der Waals surface area contributed by atoms with Crippen LogP contribution in [0.2, 0.25) is 0 Å². The topological polar surface area (TPSA) is 104 Å². The molecule has 0 aliphatic heterocycles. The molecule has 0 saturated heterocycles. The fourth-order valence-corrected chi connectivity index (χ4v) is 5.53. The molecule has 0 atom stereocenters. The maximum atomic E-state index is 5.65. The van der Waals surface area contributed by atoms with Gasteiger partial charge in [0.2, 0.25) is 10.3 Å². The Bertz CT molecular complexity index is 844. The first kappa shape index (κ1) is 17.5. The maximum Gasteiger partial charge on any atom is 0.203 e. The van der Waals surface area contributed by atoms with Crippen LogP contribution >= 0.6 is 46.2 Å². The van der Waals surface area contributed by atoms with Crippen molar-refractivity contribution >= 4 is 56.5 Å². The zero-order chi connectivity index (χ0) is 17.1. The van der Waals surface area contributed by atoms with Gasteiger partial charge in [-0.3, -0.25) is 0 Å². The van der Waals surface area contributed by atoms with Gasteiger partial charge in [-0.05, 0) is 36.1 Å². The molecule has 0 unspecified atom stereocenters. The van der Waals surface area contributed by atoms with Gasteiger partial charge in [-0.2, -0.15) is 0 Å². The molecular weight excluding hydrogens is 380 g/mol. The summed E-state index contributed by atoms with van der Waals surface area (Å²) >= 11 is 6.16. The molecule has 0 aliphatic carbocycles. The van der Waals surface area contributed by atoms with Gasteiger partial charge in [0.15, 0.2) is 8.68 Å². The van der Waals surface area contributed by atoms with Crippen molar-refractivity contribution in [1.29, 1.82) is 0 Å². The van der Waals surface area contributed by atoms with Crippen LogP contribution < -0.4 is 11.5 Å². The summed E-state index contributed by atoms with van der Waals surface area (Å²) in [6.07, 6.45) is 0. The smallest absolute Gasteiger partial charge is 0.203 e. The number of nitrogen functional groups attached to an aromatic ring is 2. The maximum absolute atomic E-state index is 5.65. The van der Waals surface area contributed by atoms with Gasteiger partial charge >= 0.3 is 0 Å². The number of rotatable bonds is 6. The lowest BCUT2D eigenvalue weighted by Gasteiger charge is -2.13. The second-order valence-electron chi connectivity index (χ2n) is 5.03. The van der Waals surface area contributed by atoms with E-state index in [1.807, 2.05) is 0 Å². The zero-order valence-corrected chi connectivity index (χ0v) is 16.4. The summed E-state index contributed by atoms with van der Waals surface area (Å²) in [4.78, 5) is 0. The normalized spacial score (nSPS) is 11.1. The van der Waals surface area contributed by atoms with Crippen molar-refractivity contribution in [3.05, 3.63) is 34.4 Å². The van der Waals surface area contributed by atoms with Crippen LogP contribution in [0.4, 0.5) is 10.3 Å². The van der Waals surface area contributed by atoms with E-state index in [1.165, 1.54) is 44.9 Å². The molecule has 0 aliphatic rings. The molecule has 0 amide bonds. The van der Waals surface area contributed by atoms with Gasteiger partial charge in [-0.25, -0.2) is 0 Å². The summed E-state index contributed by atoms with van der Waals surface area (Å²) in [6, 6.07) is 4.35. The summed E-state index contributed by atoms with van der Waals surface area (Å²) < 4.78 is 1.78. The van der Waals surface area contributed by atoms with Crippen LogP contribution in [0.1, 0.15) is 22.3 Å². The number of hydrogen-bond acceptors (Lipinski definition) is 10. The van der Waals surface area contributed by atoms with Crippen molar-refractivity contribution in [2.75, 3.05) is 11.5 Å². The monoisotopic (exact) mass is 396 g/mol. The van der Waals surface area contributed by atoms with Crippen LogP contribution in [0.25, 0.3) is 0 Å². The Labute approximate surface area is 156 Å². The number of anilines is 2. The lowest BCUT2D eigenvalue weighted by molar-refractivity contribution is 1.01. The van der Waals surface area contributed by atoms with Crippen molar-refractivity contribution < 1.29 is 0 Å². The van der Waals surface area contributed by atoms with E-state index in [0.29, 0.717) is 10.3 Å². The number of aryl methyl sites for hydroxylation is 1. The predicted octanol–water partition coefficient (Wildman–Crippen LogP) is 3.76. The highest BCUT2D eigenvalue weighted by Gasteiger charge is 2.12. The molecule has 0 bridgehead atoms. The van der Waals surface area contributed by atoms with E-state index in [0.717, 1.165) is 20.2 Å². The molecule has 3 aromatic rings. The third-order valence-electron chi connectivity index (χ3n) is 3.50. The summed E-state index contributed by atoms with van der Waals surface area (Å²) in [6.45, 7) is 4.30. The molecular formula is C14H16N6S4. The van der Waals surface area contributed by atoms with E-state index in [4.69, 9.17) is 11.5 Å². The highest BCUT2D eigenvalue weighted by Crippen LogP contribution is 2.33. The SMILES string of the molecule is Cc1ccc(CSc2nnc(N)s2)c(CSc2nnc(N)s2)c1C. The first-order chi connectivity index (χ1) is 11.5. The first-order valence-electron chi connectivity index (χ1n) is 7.04. The third-order valence-corrected chi connectivity index (χ3v) is 7.35. The Hall–Kier alpha value is -1.36.